The number of Topliss-reactive ketones (excluding diaryl/α,β-unsaturated/α-hetero) is 1. The lowest BCUT2D eigenvalue weighted by Crippen LogP contribution is -2.39. The summed E-state index contributed by atoms with van der Waals surface area (Å²) >= 11 is 3.17. The first-order chi connectivity index (χ1) is 22.3. The van der Waals surface area contributed by atoms with E-state index in [4.69, 9.17) is 4.74 Å². The molecule has 0 bridgehead atoms. The van der Waals surface area contributed by atoms with Gasteiger partial charge in [0.2, 0.25) is 11.8 Å². The number of para-hydroxylation sites is 1. The fraction of sp³-hybridized carbons (Fsp3) is 0.312. The second-order valence-electron chi connectivity index (χ2n) is 11.8. The average molecular weight is 707 g/mol. The van der Waals surface area contributed by atoms with Crippen LogP contribution < -0.4 is 14.5 Å². The van der Waals surface area contributed by atoms with Gasteiger partial charge in [0.05, 0.1) is 38.5 Å². The number of imide groups is 1. The molecule has 0 spiro atoms. The van der Waals surface area contributed by atoms with Crippen molar-refractivity contribution in [3.05, 3.63) is 89.5 Å². The first-order valence-corrected chi connectivity index (χ1v) is 15.4. The number of anilines is 2. The topological polar surface area (TPSA) is 190 Å². The number of amides is 2. The van der Waals surface area contributed by atoms with Crippen LogP contribution >= 0.6 is 15.9 Å². The summed E-state index contributed by atoms with van der Waals surface area (Å²) in [6.07, 6.45) is 2.90. The molecule has 2 amide bonds. The van der Waals surface area contributed by atoms with Crippen molar-refractivity contribution in [2.75, 3.05) is 30.5 Å². The predicted molar refractivity (Wildman–Crippen MR) is 170 cm³/mol. The number of ketones is 2. The number of ether oxygens (including phenoxy) is 1. The Labute approximate surface area is 275 Å². The van der Waals surface area contributed by atoms with Crippen LogP contribution in [0.4, 0.5) is 22.7 Å². The summed E-state index contributed by atoms with van der Waals surface area (Å²) in [5.41, 5.74) is -0.798. The monoisotopic (exact) mass is 706 g/mol. The van der Waals surface area contributed by atoms with Crippen LogP contribution in [-0.2, 0) is 19.2 Å². The minimum absolute atomic E-state index is 0.0307. The number of carbonyl (C=O) groups excluding carboxylic acids is 4. The van der Waals surface area contributed by atoms with Crippen molar-refractivity contribution in [3.63, 3.8) is 0 Å². The predicted octanol–water partition coefficient (Wildman–Crippen LogP) is 4.64. The number of carbonyl (C=O) groups is 4. The molecule has 15 heteroatoms. The van der Waals surface area contributed by atoms with E-state index >= 15 is 0 Å². The zero-order valence-corrected chi connectivity index (χ0v) is 26.8. The van der Waals surface area contributed by atoms with Gasteiger partial charge < -0.3 is 14.7 Å². The fourth-order valence-corrected chi connectivity index (χ4v) is 7.76. The number of nitro benzene ring substituents is 2. The first kappa shape index (κ1) is 31.8. The zero-order valence-electron chi connectivity index (χ0n) is 25.3. The lowest BCUT2D eigenvalue weighted by atomic mass is 9.59. The number of benzene rings is 2. The molecule has 47 heavy (non-hydrogen) atoms. The van der Waals surface area contributed by atoms with E-state index in [1.807, 2.05) is 0 Å². The number of nitrogens with zero attached hydrogens (tertiary/aromatic N) is 4. The highest BCUT2D eigenvalue weighted by molar-refractivity contribution is 9.12. The van der Waals surface area contributed by atoms with Crippen molar-refractivity contribution >= 4 is 62.1 Å². The van der Waals surface area contributed by atoms with Crippen molar-refractivity contribution < 1.29 is 38.9 Å². The van der Waals surface area contributed by atoms with E-state index in [9.17, 15) is 44.5 Å². The number of halogens is 1. The molecule has 4 atom stereocenters. The van der Waals surface area contributed by atoms with Gasteiger partial charge in [0.25, 0.3) is 0 Å². The van der Waals surface area contributed by atoms with Crippen LogP contribution in [0.15, 0.2) is 63.7 Å². The molecule has 1 N–H and O–H groups in total. The van der Waals surface area contributed by atoms with E-state index in [-0.39, 0.29) is 63.5 Å². The maximum atomic E-state index is 14.3. The van der Waals surface area contributed by atoms with Gasteiger partial charge in [-0.3, -0.25) is 39.4 Å². The molecule has 0 unspecified atom stereocenters. The number of phenolic OH excluding ortho intramolecular Hbond substituents is 1. The number of fused-ring (bicyclic) bond motifs is 3. The Morgan fingerprint density at radius 3 is 2.30 bits per heavy atom. The number of hydrogen-bond acceptors (Lipinski definition) is 11. The van der Waals surface area contributed by atoms with Crippen molar-refractivity contribution in [2.45, 2.75) is 25.7 Å². The Bertz CT molecular complexity index is 1890. The molecule has 14 nitrogen and oxygen atoms in total. The third-order valence-corrected chi connectivity index (χ3v) is 9.71. The van der Waals surface area contributed by atoms with E-state index < -0.39 is 68.3 Å². The second kappa shape index (κ2) is 11.6. The molecular weight excluding hydrogens is 680 g/mol. The van der Waals surface area contributed by atoms with E-state index in [0.29, 0.717) is 5.57 Å². The maximum Gasteiger partial charge on any atom is 0.301 e. The zero-order chi connectivity index (χ0) is 34.1. The van der Waals surface area contributed by atoms with Gasteiger partial charge in [-0.15, -0.1) is 0 Å². The standard InChI is InChI=1S/C32H27BrN4O10/c1-4-47-24-7-5-6-16(30(24)40)25-15-8-9-17-26(18(15)12-19-27(25)23(38)13-20(33)29(19)39)32(42)35(31(17)41)14-10-21(36(43)44)28(34(2)3)22(11-14)37(45)46/h5-8,10-11,13,17-18,25-26,40H,4,9,12H2,1-3H3/t17-,18+,25+,26-/m0/s1. The van der Waals surface area contributed by atoms with Gasteiger partial charge in [-0.25, -0.2) is 4.90 Å². The van der Waals surface area contributed by atoms with Crippen LogP contribution in [0.1, 0.15) is 31.2 Å². The highest BCUT2D eigenvalue weighted by Gasteiger charge is 2.57. The highest BCUT2D eigenvalue weighted by Crippen LogP contribution is 2.57. The quantitative estimate of drug-likeness (QED) is 0.139. The van der Waals surface area contributed by atoms with Gasteiger partial charge in [-0.05, 0) is 47.7 Å². The molecule has 1 heterocycles. The minimum atomic E-state index is -1.06. The van der Waals surface area contributed by atoms with Crippen molar-refractivity contribution in [2.24, 2.45) is 17.8 Å². The molecule has 0 saturated carbocycles. The molecule has 3 aliphatic carbocycles. The molecule has 1 saturated heterocycles. The Morgan fingerprint density at radius 2 is 1.70 bits per heavy atom. The third kappa shape index (κ3) is 4.83. The normalized spacial score (nSPS) is 23.5. The smallest absolute Gasteiger partial charge is 0.301 e. The van der Waals surface area contributed by atoms with Gasteiger partial charge in [-0.2, -0.15) is 0 Å². The van der Waals surface area contributed by atoms with Gasteiger partial charge in [0.1, 0.15) is 0 Å². The first-order valence-electron chi connectivity index (χ1n) is 14.6. The fourth-order valence-electron chi connectivity index (χ4n) is 7.32. The number of aromatic hydroxyl groups is 1. The van der Waals surface area contributed by atoms with Crippen molar-refractivity contribution in [1.29, 1.82) is 0 Å². The third-order valence-electron chi connectivity index (χ3n) is 9.13. The molecule has 2 aromatic carbocycles. The molecule has 1 fully saturated rings. The number of allylic oxidation sites excluding steroid dienone is 6. The number of hydrogen-bond donors (Lipinski definition) is 1. The van der Waals surface area contributed by atoms with E-state index in [0.717, 1.165) is 17.0 Å². The van der Waals surface area contributed by atoms with Crippen LogP contribution in [0.3, 0.4) is 0 Å². The van der Waals surface area contributed by atoms with Crippen molar-refractivity contribution in [1.82, 2.24) is 0 Å². The van der Waals surface area contributed by atoms with Crippen LogP contribution in [0.5, 0.6) is 11.5 Å². The van der Waals surface area contributed by atoms with Gasteiger partial charge in [0, 0.05) is 54.9 Å². The van der Waals surface area contributed by atoms with E-state index in [1.165, 1.54) is 25.1 Å². The minimum Gasteiger partial charge on any atom is -0.504 e. The largest absolute Gasteiger partial charge is 0.504 e. The lowest BCUT2D eigenvalue weighted by molar-refractivity contribution is -0.392. The number of rotatable bonds is 7. The molecule has 242 valence electrons. The van der Waals surface area contributed by atoms with E-state index in [2.05, 4.69) is 15.9 Å². The number of nitro groups is 2. The Kier molecular flexibility index (Phi) is 7.82. The summed E-state index contributed by atoms with van der Waals surface area (Å²) in [7, 11) is 2.80. The molecular formula is C32H27BrN4O10. The van der Waals surface area contributed by atoms with Crippen LogP contribution in [0.2, 0.25) is 0 Å². The van der Waals surface area contributed by atoms with Gasteiger partial charge in [-0.1, -0.05) is 23.8 Å². The van der Waals surface area contributed by atoms with Crippen LogP contribution in [-0.4, -0.2) is 59.0 Å². The van der Waals surface area contributed by atoms with Crippen molar-refractivity contribution in [3.8, 4) is 11.5 Å². The Balaban J connectivity index is 1.50. The SMILES string of the molecule is CCOc1cccc([C@H]2C3=CC[C@@H]4C(=O)N(c5cc([N+](=O)[O-])c(N(C)C)c([N+](=O)[O-])c5)C(=O)[C@@H]4[C@@H]3CC3=C2C(=O)C=C(Br)C3=O)c1O. The van der Waals surface area contributed by atoms with Crippen LogP contribution in [0, 0.1) is 38.0 Å². The molecule has 0 aromatic heterocycles. The van der Waals surface area contributed by atoms with Gasteiger partial charge in [0.15, 0.2) is 28.8 Å². The second-order valence-corrected chi connectivity index (χ2v) is 12.6. The Hall–Kier alpha value is -5.18. The van der Waals surface area contributed by atoms with E-state index in [1.54, 1.807) is 31.2 Å². The summed E-state index contributed by atoms with van der Waals surface area (Å²) in [6, 6.07) is 6.74. The molecule has 1 aliphatic heterocycles. The summed E-state index contributed by atoms with van der Waals surface area (Å²) < 4.78 is 5.61. The molecule has 2 aromatic rings. The summed E-state index contributed by atoms with van der Waals surface area (Å²) in [5, 5.41) is 35.3. The highest BCUT2D eigenvalue weighted by atomic mass is 79.9. The molecule has 6 rings (SSSR count). The number of phenols is 1. The average Bonchev–Trinajstić information content (AvgIpc) is 3.28. The summed E-state index contributed by atoms with van der Waals surface area (Å²) in [4.78, 5) is 79.5. The Morgan fingerprint density at radius 1 is 1.04 bits per heavy atom. The van der Waals surface area contributed by atoms with Gasteiger partial charge >= 0.3 is 11.4 Å². The molecule has 4 aliphatic rings. The summed E-state index contributed by atoms with van der Waals surface area (Å²) in [6.45, 7) is 1.99. The van der Waals surface area contributed by atoms with Crippen LogP contribution in [0.25, 0.3) is 0 Å². The molecule has 0 radical (unpaired) electrons. The maximum absolute atomic E-state index is 14.3. The lowest BCUT2D eigenvalue weighted by Gasteiger charge is -2.42. The summed E-state index contributed by atoms with van der Waals surface area (Å²) in [5.74, 6) is -6.15.